The third-order valence-electron chi connectivity index (χ3n) is 3.68. The highest BCUT2D eigenvalue weighted by atomic mass is 16.5. The first kappa shape index (κ1) is 18.5. The number of carbonyl (C=O) groups is 2. The summed E-state index contributed by atoms with van der Waals surface area (Å²) >= 11 is 0. The summed E-state index contributed by atoms with van der Waals surface area (Å²) in [7, 11) is 1.59. The van der Waals surface area contributed by atoms with E-state index in [0.29, 0.717) is 6.54 Å². The first-order chi connectivity index (χ1) is 12.2. The van der Waals surface area contributed by atoms with Crippen molar-refractivity contribution in [3.05, 3.63) is 65.7 Å². The van der Waals surface area contributed by atoms with Gasteiger partial charge in [-0.05, 0) is 36.1 Å². The molecule has 2 aromatic rings. The molecule has 0 spiro atoms. The number of esters is 1. The molecule has 132 valence electrons. The van der Waals surface area contributed by atoms with Crippen molar-refractivity contribution in [3.63, 3.8) is 0 Å². The SMILES string of the molecule is COc1ccc(CC(=O)OCC(=O)NCCCc2ccccc2)cc1. The van der Waals surface area contributed by atoms with Gasteiger partial charge in [0.2, 0.25) is 0 Å². The van der Waals surface area contributed by atoms with Crippen molar-refractivity contribution in [1.82, 2.24) is 5.32 Å². The van der Waals surface area contributed by atoms with Crippen molar-refractivity contribution >= 4 is 11.9 Å². The molecule has 0 saturated heterocycles. The minimum Gasteiger partial charge on any atom is -0.497 e. The molecule has 0 aliphatic carbocycles. The molecule has 0 aliphatic heterocycles. The Labute approximate surface area is 148 Å². The van der Waals surface area contributed by atoms with E-state index in [2.05, 4.69) is 17.4 Å². The summed E-state index contributed by atoms with van der Waals surface area (Å²) in [5.41, 5.74) is 2.05. The van der Waals surface area contributed by atoms with Crippen molar-refractivity contribution in [3.8, 4) is 5.75 Å². The number of carbonyl (C=O) groups excluding carboxylic acids is 2. The van der Waals surface area contributed by atoms with Crippen LogP contribution in [0.3, 0.4) is 0 Å². The summed E-state index contributed by atoms with van der Waals surface area (Å²) in [4.78, 5) is 23.4. The van der Waals surface area contributed by atoms with E-state index in [1.165, 1.54) is 5.56 Å². The Morgan fingerprint density at radius 1 is 0.960 bits per heavy atom. The van der Waals surface area contributed by atoms with Gasteiger partial charge in [-0.15, -0.1) is 0 Å². The van der Waals surface area contributed by atoms with Crippen LogP contribution < -0.4 is 10.1 Å². The molecular formula is C20H23NO4. The molecule has 0 aliphatic rings. The number of rotatable bonds is 9. The Bertz CT molecular complexity index is 668. The number of hydrogen-bond acceptors (Lipinski definition) is 4. The highest BCUT2D eigenvalue weighted by Gasteiger charge is 2.08. The van der Waals surface area contributed by atoms with E-state index in [4.69, 9.17) is 9.47 Å². The maximum atomic E-state index is 11.8. The third-order valence-corrected chi connectivity index (χ3v) is 3.68. The number of aryl methyl sites for hydroxylation is 1. The zero-order chi connectivity index (χ0) is 17.9. The largest absolute Gasteiger partial charge is 0.497 e. The molecule has 5 nitrogen and oxygen atoms in total. The molecule has 1 amide bonds. The Morgan fingerprint density at radius 2 is 1.68 bits per heavy atom. The maximum absolute atomic E-state index is 11.8. The van der Waals surface area contributed by atoms with Crippen LogP contribution in [0.4, 0.5) is 0 Å². The standard InChI is InChI=1S/C20H23NO4/c1-24-18-11-9-17(10-12-18)14-20(23)25-15-19(22)21-13-5-8-16-6-3-2-4-7-16/h2-4,6-7,9-12H,5,8,13-15H2,1H3,(H,21,22). The average Bonchev–Trinajstić information content (AvgIpc) is 2.65. The first-order valence-corrected chi connectivity index (χ1v) is 8.26. The van der Waals surface area contributed by atoms with Crippen molar-refractivity contribution < 1.29 is 19.1 Å². The van der Waals surface area contributed by atoms with Crippen LogP contribution in [0.15, 0.2) is 54.6 Å². The van der Waals surface area contributed by atoms with Crippen LogP contribution in [0.5, 0.6) is 5.75 Å². The highest BCUT2D eigenvalue weighted by Crippen LogP contribution is 2.11. The molecule has 1 N–H and O–H groups in total. The predicted molar refractivity (Wildman–Crippen MR) is 95.4 cm³/mol. The van der Waals surface area contributed by atoms with Gasteiger partial charge in [0.05, 0.1) is 13.5 Å². The fourth-order valence-corrected chi connectivity index (χ4v) is 2.32. The number of ether oxygens (including phenoxy) is 2. The Hall–Kier alpha value is -2.82. The number of amides is 1. The lowest BCUT2D eigenvalue weighted by Crippen LogP contribution is -2.30. The maximum Gasteiger partial charge on any atom is 0.310 e. The molecule has 0 bridgehead atoms. The molecule has 0 fully saturated rings. The van der Waals surface area contributed by atoms with E-state index in [1.807, 2.05) is 18.2 Å². The molecule has 0 atom stereocenters. The highest BCUT2D eigenvalue weighted by molar-refractivity contribution is 5.81. The van der Waals surface area contributed by atoms with E-state index in [1.54, 1.807) is 31.4 Å². The van der Waals surface area contributed by atoms with Gasteiger partial charge in [-0.1, -0.05) is 42.5 Å². The summed E-state index contributed by atoms with van der Waals surface area (Å²) in [6.45, 7) is 0.310. The Balaban J connectivity index is 1.59. The van der Waals surface area contributed by atoms with E-state index in [9.17, 15) is 9.59 Å². The fourth-order valence-electron chi connectivity index (χ4n) is 2.32. The van der Waals surface area contributed by atoms with Gasteiger partial charge in [-0.25, -0.2) is 0 Å². The van der Waals surface area contributed by atoms with E-state index in [-0.39, 0.29) is 18.9 Å². The Morgan fingerprint density at radius 3 is 2.36 bits per heavy atom. The van der Waals surface area contributed by atoms with Gasteiger partial charge in [0, 0.05) is 6.54 Å². The zero-order valence-corrected chi connectivity index (χ0v) is 14.4. The van der Waals surface area contributed by atoms with Gasteiger partial charge in [0.25, 0.3) is 5.91 Å². The lowest BCUT2D eigenvalue weighted by molar-refractivity contribution is -0.147. The summed E-state index contributed by atoms with van der Waals surface area (Å²) in [5.74, 6) is 0.0211. The van der Waals surface area contributed by atoms with Crippen LogP contribution in [0.2, 0.25) is 0 Å². The molecule has 0 saturated carbocycles. The Kier molecular flexibility index (Phi) is 7.50. The minimum absolute atomic E-state index is 0.130. The molecular weight excluding hydrogens is 318 g/mol. The molecule has 0 heterocycles. The van der Waals surface area contributed by atoms with Crippen LogP contribution in [-0.4, -0.2) is 32.1 Å². The van der Waals surface area contributed by atoms with E-state index < -0.39 is 5.97 Å². The molecule has 2 aromatic carbocycles. The minimum atomic E-state index is -0.426. The quantitative estimate of drug-likeness (QED) is 0.562. The van der Waals surface area contributed by atoms with E-state index >= 15 is 0 Å². The van der Waals surface area contributed by atoms with Crippen LogP contribution in [-0.2, 0) is 27.2 Å². The lowest BCUT2D eigenvalue weighted by atomic mass is 10.1. The third kappa shape index (κ3) is 7.08. The number of hydrogen-bond donors (Lipinski definition) is 1. The van der Waals surface area contributed by atoms with E-state index in [0.717, 1.165) is 24.2 Å². The number of methoxy groups -OCH3 is 1. The van der Waals surface area contributed by atoms with Gasteiger partial charge in [0.15, 0.2) is 6.61 Å². The monoisotopic (exact) mass is 341 g/mol. The summed E-state index contributed by atoms with van der Waals surface area (Å²) in [6, 6.07) is 17.2. The topological polar surface area (TPSA) is 64.6 Å². The van der Waals surface area contributed by atoms with Crippen molar-refractivity contribution in [2.45, 2.75) is 19.3 Å². The van der Waals surface area contributed by atoms with Gasteiger partial charge >= 0.3 is 5.97 Å². The number of benzene rings is 2. The molecule has 25 heavy (non-hydrogen) atoms. The van der Waals surface area contributed by atoms with Crippen molar-refractivity contribution in [2.24, 2.45) is 0 Å². The van der Waals surface area contributed by atoms with Gasteiger partial charge in [-0.2, -0.15) is 0 Å². The van der Waals surface area contributed by atoms with Crippen LogP contribution in [0.25, 0.3) is 0 Å². The van der Waals surface area contributed by atoms with Gasteiger partial charge in [-0.3, -0.25) is 9.59 Å². The van der Waals surface area contributed by atoms with Gasteiger partial charge in [0.1, 0.15) is 5.75 Å². The summed E-state index contributed by atoms with van der Waals surface area (Å²) in [6.07, 6.45) is 1.87. The number of nitrogens with one attached hydrogen (secondary N) is 1. The molecule has 0 radical (unpaired) electrons. The molecule has 0 unspecified atom stereocenters. The smallest absolute Gasteiger partial charge is 0.310 e. The summed E-state index contributed by atoms with van der Waals surface area (Å²) < 4.78 is 10.1. The predicted octanol–water partition coefficient (Wildman–Crippen LogP) is 2.53. The van der Waals surface area contributed by atoms with Gasteiger partial charge < -0.3 is 14.8 Å². The van der Waals surface area contributed by atoms with Crippen LogP contribution >= 0.6 is 0 Å². The molecule has 0 aromatic heterocycles. The second-order valence-electron chi connectivity index (χ2n) is 5.62. The van der Waals surface area contributed by atoms with Crippen molar-refractivity contribution in [2.75, 3.05) is 20.3 Å². The lowest BCUT2D eigenvalue weighted by Gasteiger charge is -2.07. The summed E-state index contributed by atoms with van der Waals surface area (Å²) in [5, 5.41) is 2.75. The fraction of sp³-hybridized carbons (Fsp3) is 0.300. The molecule has 2 rings (SSSR count). The zero-order valence-electron chi connectivity index (χ0n) is 14.4. The second kappa shape index (κ2) is 10.1. The van der Waals surface area contributed by atoms with Crippen LogP contribution in [0.1, 0.15) is 17.5 Å². The first-order valence-electron chi connectivity index (χ1n) is 8.26. The second-order valence-corrected chi connectivity index (χ2v) is 5.62. The molecule has 5 heteroatoms. The van der Waals surface area contributed by atoms with Crippen LogP contribution in [0, 0.1) is 0 Å². The van der Waals surface area contributed by atoms with Crippen molar-refractivity contribution in [1.29, 1.82) is 0 Å². The average molecular weight is 341 g/mol. The normalized spacial score (nSPS) is 10.1.